The molecule has 6 heteroatoms. The lowest BCUT2D eigenvalue weighted by Gasteiger charge is -2.24. The number of aliphatic hydroxyl groups is 1. The van der Waals surface area contributed by atoms with Crippen molar-refractivity contribution in [3.8, 4) is 5.75 Å². The van der Waals surface area contributed by atoms with E-state index in [1.807, 2.05) is 23.6 Å². The summed E-state index contributed by atoms with van der Waals surface area (Å²) >= 11 is 1.71. The number of methoxy groups -OCH3 is 1. The van der Waals surface area contributed by atoms with Gasteiger partial charge in [-0.1, -0.05) is 17.7 Å². The first-order valence-electron chi connectivity index (χ1n) is 8.71. The molecule has 0 saturated carbocycles. The van der Waals surface area contributed by atoms with E-state index in [0.717, 1.165) is 23.0 Å². The molecule has 0 unspecified atom stereocenters. The number of halogens is 1. The molecule has 0 saturated heterocycles. The van der Waals surface area contributed by atoms with Gasteiger partial charge >= 0.3 is 5.17 Å². The van der Waals surface area contributed by atoms with Crippen molar-refractivity contribution in [2.24, 2.45) is 0 Å². The second-order valence-electron chi connectivity index (χ2n) is 6.72. The van der Waals surface area contributed by atoms with Gasteiger partial charge in [0.15, 0.2) is 6.54 Å². The minimum Gasteiger partial charge on any atom is -0.497 e. The van der Waals surface area contributed by atoms with Crippen molar-refractivity contribution in [2.75, 3.05) is 30.9 Å². The van der Waals surface area contributed by atoms with Crippen LogP contribution in [0, 0.1) is 12.7 Å². The number of benzene rings is 2. The Morgan fingerprint density at radius 1 is 1.23 bits per heavy atom. The molecule has 4 rings (SSSR count). The van der Waals surface area contributed by atoms with Gasteiger partial charge < -0.3 is 9.84 Å². The second kappa shape index (κ2) is 6.59. The molecule has 2 aromatic rings. The Morgan fingerprint density at radius 2 is 2.00 bits per heavy atom. The van der Waals surface area contributed by atoms with Crippen molar-refractivity contribution in [1.29, 1.82) is 0 Å². The average molecular weight is 373 g/mol. The quantitative estimate of drug-likeness (QED) is 0.838. The fourth-order valence-electron chi connectivity index (χ4n) is 3.60. The highest BCUT2D eigenvalue weighted by Crippen LogP contribution is 2.39. The molecule has 1 atom stereocenters. The summed E-state index contributed by atoms with van der Waals surface area (Å²) in [7, 11) is 1.50. The Balaban J connectivity index is 1.80. The van der Waals surface area contributed by atoms with Crippen LogP contribution in [0.3, 0.4) is 0 Å². The number of aryl methyl sites for hydroxylation is 1. The minimum atomic E-state index is -1.40. The van der Waals surface area contributed by atoms with Crippen molar-refractivity contribution >= 4 is 22.6 Å². The van der Waals surface area contributed by atoms with E-state index in [-0.39, 0.29) is 5.56 Å². The molecule has 1 N–H and O–H groups in total. The first-order valence-corrected chi connectivity index (χ1v) is 9.69. The lowest BCUT2D eigenvalue weighted by Crippen LogP contribution is -2.42. The third-order valence-electron chi connectivity index (χ3n) is 5.00. The van der Waals surface area contributed by atoms with Crippen molar-refractivity contribution in [2.45, 2.75) is 19.1 Å². The Morgan fingerprint density at radius 3 is 2.69 bits per heavy atom. The zero-order chi connectivity index (χ0) is 18.3. The summed E-state index contributed by atoms with van der Waals surface area (Å²) in [5.74, 6) is 0.989. The van der Waals surface area contributed by atoms with Crippen LogP contribution in [0.2, 0.25) is 0 Å². The summed E-state index contributed by atoms with van der Waals surface area (Å²) in [6.07, 6.45) is 0.954. The Labute approximate surface area is 156 Å². The zero-order valence-corrected chi connectivity index (χ0v) is 15.7. The van der Waals surface area contributed by atoms with E-state index in [2.05, 4.69) is 17.0 Å². The lowest BCUT2D eigenvalue weighted by molar-refractivity contribution is -0.657. The number of nitrogens with zero attached hydrogens (tertiary/aromatic N) is 2. The van der Waals surface area contributed by atoms with Crippen LogP contribution < -0.4 is 9.64 Å². The maximum atomic E-state index is 14.8. The third kappa shape index (κ3) is 2.77. The van der Waals surface area contributed by atoms with Crippen LogP contribution in [0.5, 0.6) is 5.75 Å². The van der Waals surface area contributed by atoms with Crippen LogP contribution >= 0.6 is 11.8 Å². The maximum absolute atomic E-state index is 14.8. The third-order valence-corrected chi connectivity index (χ3v) is 6.19. The first kappa shape index (κ1) is 17.4. The van der Waals surface area contributed by atoms with Crippen LogP contribution in [0.1, 0.15) is 17.5 Å². The molecule has 0 fully saturated rings. The number of thioether (sulfide) groups is 1. The van der Waals surface area contributed by atoms with E-state index < -0.39 is 11.5 Å². The van der Waals surface area contributed by atoms with Gasteiger partial charge in [0, 0.05) is 11.8 Å². The molecule has 2 aliphatic rings. The molecule has 0 radical (unpaired) electrons. The molecule has 2 aliphatic heterocycles. The Kier molecular flexibility index (Phi) is 4.40. The maximum Gasteiger partial charge on any atom is 0.316 e. The largest absolute Gasteiger partial charge is 0.497 e. The van der Waals surface area contributed by atoms with Gasteiger partial charge in [0.1, 0.15) is 17.3 Å². The number of amidine groups is 1. The number of β-amino-alcohol motifs (C(OH)–C–C–N with tert-alkyl or cyclic N) is 1. The molecular formula is C20H22FN2O2S+. The van der Waals surface area contributed by atoms with E-state index in [1.54, 1.807) is 23.9 Å². The molecule has 0 aromatic heterocycles. The van der Waals surface area contributed by atoms with Gasteiger partial charge in [-0.15, -0.1) is 0 Å². The highest BCUT2D eigenvalue weighted by Gasteiger charge is 2.54. The predicted molar refractivity (Wildman–Crippen MR) is 103 cm³/mol. The molecule has 0 amide bonds. The van der Waals surface area contributed by atoms with Crippen molar-refractivity contribution in [1.82, 2.24) is 0 Å². The van der Waals surface area contributed by atoms with Gasteiger partial charge in [-0.05, 0) is 49.4 Å². The van der Waals surface area contributed by atoms with Crippen molar-refractivity contribution in [3.05, 3.63) is 59.4 Å². The number of rotatable bonds is 3. The minimum absolute atomic E-state index is 0.285. The molecule has 2 aromatic carbocycles. The average Bonchev–Trinajstić information content (AvgIpc) is 2.96. The van der Waals surface area contributed by atoms with E-state index in [4.69, 9.17) is 4.74 Å². The first-order chi connectivity index (χ1) is 12.5. The topological polar surface area (TPSA) is 35.7 Å². The van der Waals surface area contributed by atoms with Gasteiger partial charge in [-0.3, -0.25) is 0 Å². The molecule has 0 spiro atoms. The van der Waals surface area contributed by atoms with Crippen LogP contribution in [0.15, 0.2) is 42.5 Å². The predicted octanol–water partition coefficient (Wildman–Crippen LogP) is 3.31. The highest BCUT2D eigenvalue weighted by atomic mass is 32.2. The zero-order valence-electron chi connectivity index (χ0n) is 14.9. The number of anilines is 1. The monoisotopic (exact) mass is 373 g/mol. The molecule has 26 heavy (non-hydrogen) atoms. The van der Waals surface area contributed by atoms with Gasteiger partial charge in [0.2, 0.25) is 0 Å². The lowest BCUT2D eigenvalue weighted by atomic mass is 10.0. The molecular weight excluding hydrogens is 351 g/mol. The van der Waals surface area contributed by atoms with Crippen LogP contribution in [0.25, 0.3) is 0 Å². The summed E-state index contributed by atoms with van der Waals surface area (Å²) in [5, 5.41) is 12.5. The molecule has 2 heterocycles. The number of hydrogen-bond acceptors (Lipinski definition) is 4. The van der Waals surface area contributed by atoms with E-state index in [1.165, 1.54) is 18.7 Å². The fourth-order valence-corrected chi connectivity index (χ4v) is 4.78. The fraction of sp³-hybridized carbons (Fsp3) is 0.350. The summed E-state index contributed by atoms with van der Waals surface area (Å²) in [6.45, 7) is 3.04. The highest BCUT2D eigenvalue weighted by molar-refractivity contribution is 8.13. The van der Waals surface area contributed by atoms with E-state index in [9.17, 15) is 9.50 Å². The Hall–Kier alpha value is -2.05. The second-order valence-corrected chi connectivity index (χ2v) is 7.78. The van der Waals surface area contributed by atoms with Gasteiger partial charge in [-0.25, -0.2) is 13.9 Å². The van der Waals surface area contributed by atoms with Gasteiger partial charge in [0.25, 0.3) is 5.72 Å². The standard InChI is InChI=1S/C20H22FN2O2S/c1-14-4-6-15(7-5-14)22-13-20(24,23-10-3-11-26-19(22)23)17-9-8-16(25-2)12-18(17)21/h4-9,12,24H,3,10-11,13H2,1-2H3/q+1/t20-/m1/s1. The summed E-state index contributed by atoms with van der Waals surface area (Å²) in [4.78, 5) is 2.09. The van der Waals surface area contributed by atoms with Gasteiger partial charge in [0.05, 0.1) is 19.2 Å². The van der Waals surface area contributed by atoms with Gasteiger partial charge in [-0.2, -0.15) is 0 Å². The molecule has 4 nitrogen and oxygen atoms in total. The SMILES string of the molecule is COc1ccc([C@]2(O)CN(c3ccc(C)cc3)C3=[N+]2CCCS3)c(F)c1. The molecule has 136 valence electrons. The normalized spacial score (nSPS) is 22.5. The van der Waals surface area contributed by atoms with Crippen LogP contribution in [-0.4, -0.2) is 40.8 Å². The van der Waals surface area contributed by atoms with Crippen molar-refractivity contribution in [3.63, 3.8) is 0 Å². The number of ether oxygens (including phenoxy) is 1. The van der Waals surface area contributed by atoms with Crippen molar-refractivity contribution < 1.29 is 18.8 Å². The Bertz CT molecular complexity index is 869. The molecule has 0 bridgehead atoms. The smallest absolute Gasteiger partial charge is 0.316 e. The summed E-state index contributed by atoms with van der Waals surface area (Å²) < 4.78 is 21.8. The van der Waals surface area contributed by atoms with Crippen LogP contribution in [-0.2, 0) is 5.72 Å². The van der Waals surface area contributed by atoms with E-state index in [0.29, 0.717) is 18.8 Å². The van der Waals surface area contributed by atoms with E-state index >= 15 is 0 Å². The van der Waals surface area contributed by atoms with Crippen LogP contribution in [0.4, 0.5) is 10.1 Å². The molecule has 0 aliphatic carbocycles. The summed E-state index contributed by atoms with van der Waals surface area (Å²) in [6, 6.07) is 12.9. The number of hydrogen-bond donors (Lipinski definition) is 1. The summed E-state index contributed by atoms with van der Waals surface area (Å²) in [5.41, 5.74) is 1.08.